The molecule has 0 saturated heterocycles. The summed E-state index contributed by atoms with van der Waals surface area (Å²) in [6.07, 6.45) is 9.20. The van der Waals surface area contributed by atoms with Crippen molar-refractivity contribution in [3.8, 4) is 11.3 Å². The highest BCUT2D eigenvalue weighted by atomic mass is 16.3. The summed E-state index contributed by atoms with van der Waals surface area (Å²) in [7, 11) is 0. The number of hydrogen-bond acceptors (Lipinski definition) is 4. The van der Waals surface area contributed by atoms with Gasteiger partial charge in [0.2, 0.25) is 0 Å². The average molecular weight is 1250 g/mol. The van der Waals surface area contributed by atoms with Crippen LogP contribution in [0.2, 0.25) is 0 Å². The highest BCUT2D eigenvalue weighted by Gasteiger charge is 2.50. The smallest absolute Gasteiger partial charge is 0.252 e. The van der Waals surface area contributed by atoms with Crippen molar-refractivity contribution in [3.63, 3.8) is 0 Å². The molecule has 5 heteroatoms. The van der Waals surface area contributed by atoms with Crippen LogP contribution in [0.15, 0.2) is 168 Å². The van der Waals surface area contributed by atoms with Crippen LogP contribution in [0.5, 0.6) is 0 Å². The van der Waals surface area contributed by atoms with Gasteiger partial charge in [0.25, 0.3) is 6.71 Å². The maximum atomic E-state index is 6.49. The third kappa shape index (κ3) is 9.70. The molecule has 4 nitrogen and oxygen atoms in total. The molecule has 4 aliphatic carbocycles. The van der Waals surface area contributed by atoms with Gasteiger partial charge in [-0.3, -0.25) is 0 Å². The van der Waals surface area contributed by atoms with Crippen LogP contribution in [0.3, 0.4) is 0 Å². The van der Waals surface area contributed by atoms with Crippen LogP contribution in [0.1, 0.15) is 233 Å². The van der Waals surface area contributed by atoms with Crippen molar-refractivity contribution < 1.29 is 4.42 Å². The minimum Gasteiger partial charge on any atom is -0.456 e. The Kier molecular flexibility index (Phi) is 13.3. The van der Waals surface area contributed by atoms with Gasteiger partial charge in [-0.25, -0.2) is 0 Å². The molecule has 0 radical (unpaired) electrons. The summed E-state index contributed by atoms with van der Waals surface area (Å²) >= 11 is 0. The van der Waals surface area contributed by atoms with E-state index >= 15 is 0 Å². The molecule has 2 aliphatic heterocycles. The summed E-state index contributed by atoms with van der Waals surface area (Å²) in [5, 5.41) is 3.46. The number of anilines is 9. The second-order valence-electron chi connectivity index (χ2n) is 36.5. The van der Waals surface area contributed by atoms with Gasteiger partial charge in [-0.15, -0.1) is 0 Å². The van der Waals surface area contributed by atoms with Gasteiger partial charge in [0, 0.05) is 56.4 Å². The minimum absolute atomic E-state index is 0.00567. The lowest BCUT2D eigenvalue weighted by molar-refractivity contribution is 0.332. The third-order valence-corrected chi connectivity index (χ3v) is 25.2. The molecular weight excluding hydrogens is 1150 g/mol. The van der Waals surface area contributed by atoms with Crippen LogP contribution < -0.4 is 31.1 Å². The molecule has 16 rings (SSSR count). The quantitative estimate of drug-likeness (QED) is 0.155. The number of rotatable bonds is 6. The van der Waals surface area contributed by atoms with Gasteiger partial charge >= 0.3 is 0 Å². The second-order valence-corrected chi connectivity index (χ2v) is 36.5. The van der Waals surface area contributed by atoms with Crippen LogP contribution >= 0.6 is 0 Å². The van der Waals surface area contributed by atoms with Crippen molar-refractivity contribution in [2.45, 2.75) is 232 Å². The molecule has 0 fully saturated rings. The molecule has 0 amide bonds. The predicted octanol–water partition coefficient (Wildman–Crippen LogP) is 23.5. The fourth-order valence-electron chi connectivity index (χ4n) is 18.4. The Morgan fingerprint density at radius 1 is 0.347 bits per heavy atom. The van der Waals surface area contributed by atoms with Crippen LogP contribution in [0.25, 0.3) is 33.1 Å². The molecule has 0 N–H and O–H groups in total. The van der Waals surface area contributed by atoms with Gasteiger partial charge in [0.15, 0.2) is 0 Å². The average Bonchev–Trinajstić information content (AvgIpc) is 0.840. The van der Waals surface area contributed by atoms with E-state index in [0.29, 0.717) is 0 Å². The maximum absolute atomic E-state index is 6.49. The van der Waals surface area contributed by atoms with Gasteiger partial charge in [0.1, 0.15) is 11.3 Å². The van der Waals surface area contributed by atoms with E-state index in [-0.39, 0.29) is 55.4 Å². The Balaban J connectivity index is 1.04. The maximum Gasteiger partial charge on any atom is 0.252 e. The fraction of sp³-hybridized carbons (Fsp3) is 0.400. The van der Waals surface area contributed by atoms with Crippen LogP contribution in [0, 0.1) is 0 Å². The summed E-state index contributed by atoms with van der Waals surface area (Å²) in [6, 6.07) is 65.5. The molecule has 95 heavy (non-hydrogen) atoms. The van der Waals surface area contributed by atoms with Crippen molar-refractivity contribution in [2.75, 3.05) is 14.7 Å². The van der Waals surface area contributed by atoms with Gasteiger partial charge in [-0.1, -0.05) is 204 Å². The third-order valence-electron chi connectivity index (χ3n) is 25.2. The first-order valence-corrected chi connectivity index (χ1v) is 36.0. The highest BCUT2D eigenvalue weighted by Crippen LogP contribution is 2.57. The van der Waals surface area contributed by atoms with E-state index in [1.54, 1.807) is 0 Å². The van der Waals surface area contributed by atoms with Crippen molar-refractivity contribution in [1.82, 2.24) is 0 Å². The molecule has 10 aromatic rings. The van der Waals surface area contributed by atoms with Crippen LogP contribution in [0.4, 0.5) is 51.2 Å². The fourth-order valence-corrected chi connectivity index (χ4v) is 18.4. The Labute approximate surface area is 568 Å². The van der Waals surface area contributed by atoms with E-state index in [1.165, 1.54) is 124 Å². The van der Waals surface area contributed by atoms with E-state index < -0.39 is 0 Å². The highest BCUT2D eigenvalue weighted by molar-refractivity contribution is 7.00. The topological polar surface area (TPSA) is 22.9 Å². The SMILES string of the molecule is CC(C)(C)c1ccc(N(c2cc3c4c(c2)N(c2ccc5c(c2)C(C)(C)CCC5(C)C)c2cc5c(cc2B4c2cc4c(cc2N3c2ccc3c(c2)C(C)(C)CCC3(C)C)C(C)(C)CCC4(C)C)C(C)(C)CCC5(C)C)c2ccc3cc(-c4cc5ccccc5o4)ccc3c2)cc1. The van der Waals surface area contributed by atoms with Gasteiger partial charge in [0.05, 0.1) is 5.69 Å². The molecule has 0 unspecified atom stereocenters. The first-order chi connectivity index (χ1) is 44.6. The number of benzene rings is 9. The lowest BCUT2D eigenvalue weighted by atomic mass is 9.32. The zero-order valence-corrected chi connectivity index (χ0v) is 60.6. The summed E-state index contributed by atoms with van der Waals surface area (Å²) in [6.45, 7) is 47.0. The number of nitrogens with zero attached hydrogens (tertiary/aromatic N) is 3. The van der Waals surface area contributed by atoms with Crippen LogP contribution in [-0.2, 0) is 48.7 Å². The number of furan rings is 1. The van der Waals surface area contributed by atoms with E-state index in [2.05, 4.69) is 304 Å². The van der Waals surface area contributed by atoms with Gasteiger partial charge in [-0.2, -0.15) is 0 Å². The zero-order valence-electron chi connectivity index (χ0n) is 60.6. The molecule has 9 aromatic carbocycles. The number of hydrogen-bond donors (Lipinski definition) is 0. The Hall–Kier alpha value is -7.76. The molecule has 484 valence electrons. The molecule has 0 bridgehead atoms. The molecule has 6 aliphatic rings. The molecule has 0 saturated carbocycles. The van der Waals surface area contributed by atoms with Crippen LogP contribution in [-0.4, -0.2) is 6.71 Å². The van der Waals surface area contributed by atoms with Crippen molar-refractivity contribution in [1.29, 1.82) is 0 Å². The summed E-state index contributed by atoms with van der Waals surface area (Å²) < 4.78 is 6.49. The first kappa shape index (κ1) is 62.1. The number of para-hydroxylation sites is 1. The van der Waals surface area contributed by atoms with Crippen molar-refractivity contribution in [2.24, 2.45) is 0 Å². The Morgan fingerprint density at radius 2 is 0.758 bits per heavy atom. The first-order valence-electron chi connectivity index (χ1n) is 36.0. The molecule has 0 spiro atoms. The Morgan fingerprint density at radius 3 is 1.22 bits per heavy atom. The van der Waals surface area contributed by atoms with Gasteiger partial charge in [-0.05, 0) is 268 Å². The molecular formula is C90H100BN3O. The van der Waals surface area contributed by atoms with Crippen molar-refractivity contribution >= 4 is 96.0 Å². The van der Waals surface area contributed by atoms with E-state index in [1.807, 2.05) is 6.07 Å². The summed E-state index contributed by atoms with van der Waals surface area (Å²) in [5.74, 6) is 0.884. The van der Waals surface area contributed by atoms with Crippen molar-refractivity contribution in [3.05, 3.63) is 214 Å². The van der Waals surface area contributed by atoms with E-state index in [9.17, 15) is 0 Å². The monoisotopic (exact) mass is 1250 g/mol. The summed E-state index contributed by atoms with van der Waals surface area (Å²) in [4.78, 5) is 8.14. The minimum atomic E-state index is -0.0639. The lowest BCUT2D eigenvalue weighted by Gasteiger charge is -2.49. The largest absolute Gasteiger partial charge is 0.456 e. The number of fused-ring (bicyclic) bond motifs is 10. The molecule has 0 atom stereocenters. The van der Waals surface area contributed by atoms with E-state index in [4.69, 9.17) is 4.42 Å². The van der Waals surface area contributed by atoms with Gasteiger partial charge < -0.3 is 19.1 Å². The normalized spacial score (nSPS) is 20.0. The lowest BCUT2D eigenvalue weighted by Crippen LogP contribution is -2.62. The standard InChI is InChI=1S/C90H100BN3O/c1-82(2,3)59-27-30-60(31-28-59)92(61-29-26-55-44-58(25-24-56(55)45-61)80-46-57-22-20-21-23-79(57)95-80)64-49-77-81-78(50-64)94(63-33-35-66-68(48-63)86(10,11)39-37-84(66,6)7)76-54-72-70(88(14,15)41-43-90(72,18)19)52-74(76)91(81)73-51-69-71(89(16,17)42-40-87(69,12)13)53-75(73)93(77)62-32-34-65-67(47-62)85(8,9)38-36-83(65,4)5/h20-35,44-54H,36-43H2,1-19H3. The zero-order chi connectivity index (χ0) is 66.9. The molecule has 1 aromatic heterocycles. The predicted molar refractivity (Wildman–Crippen MR) is 408 cm³/mol. The van der Waals surface area contributed by atoms with E-state index in [0.717, 1.165) is 77.9 Å². The summed E-state index contributed by atoms with van der Waals surface area (Å²) in [5.41, 5.74) is 30.4. The Bertz CT molecular complexity index is 4630. The second kappa shape index (κ2) is 20.4. The molecule has 3 heterocycles.